The van der Waals surface area contributed by atoms with Gasteiger partial charge in [-0.2, -0.15) is 0 Å². The second-order valence-corrected chi connectivity index (χ2v) is 8.00. The molecule has 0 aliphatic heterocycles. The Kier molecular flexibility index (Phi) is 3.85. The summed E-state index contributed by atoms with van der Waals surface area (Å²) in [6.45, 7) is 4.14. The Morgan fingerprint density at radius 3 is 2.26 bits per heavy atom. The van der Waals surface area contributed by atoms with Crippen LogP contribution in [0, 0.1) is 17.7 Å². The Bertz CT molecular complexity index is 561. The highest BCUT2D eigenvalue weighted by Gasteiger charge is 2.34. The molecule has 0 saturated heterocycles. The van der Waals surface area contributed by atoms with E-state index in [2.05, 4.69) is 13.8 Å². The predicted octanol–water partition coefficient (Wildman–Crippen LogP) is 3.01. The van der Waals surface area contributed by atoms with Gasteiger partial charge in [-0.1, -0.05) is 13.8 Å². The van der Waals surface area contributed by atoms with Crippen LogP contribution in [0.3, 0.4) is 0 Å². The van der Waals surface area contributed by atoms with E-state index in [1.165, 1.54) is 12.1 Å². The fourth-order valence-electron chi connectivity index (χ4n) is 3.00. The van der Waals surface area contributed by atoms with Crippen LogP contribution in [0.2, 0.25) is 0 Å². The Hall–Kier alpha value is -1.10. The van der Waals surface area contributed by atoms with Crippen LogP contribution in [0.1, 0.15) is 33.1 Å². The van der Waals surface area contributed by atoms with Crippen LogP contribution in [0.4, 0.5) is 10.1 Å². The summed E-state index contributed by atoms with van der Waals surface area (Å²) in [4.78, 5) is 0.0468. The van der Waals surface area contributed by atoms with E-state index in [0.29, 0.717) is 24.7 Å². The van der Waals surface area contributed by atoms with Crippen LogP contribution < -0.4 is 5.73 Å². The van der Waals surface area contributed by atoms with Crippen LogP contribution >= 0.6 is 0 Å². The van der Waals surface area contributed by atoms with Gasteiger partial charge < -0.3 is 5.73 Å². The van der Waals surface area contributed by atoms with E-state index in [1.807, 2.05) is 0 Å². The van der Waals surface area contributed by atoms with Gasteiger partial charge in [-0.3, -0.25) is 0 Å². The molecule has 3 nitrogen and oxygen atoms in total. The van der Waals surface area contributed by atoms with Gasteiger partial charge in [-0.15, -0.1) is 0 Å². The molecular weight excluding hydrogens is 265 g/mol. The number of rotatable bonds is 2. The average molecular weight is 285 g/mol. The maximum Gasteiger partial charge on any atom is 0.181 e. The van der Waals surface area contributed by atoms with Crippen LogP contribution in [0.5, 0.6) is 0 Å². The Morgan fingerprint density at radius 2 is 1.74 bits per heavy atom. The second kappa shape index (κ2) is 5.12. The highest BCUT2D eigenvalue weighted by atomic mass is 32.2. The number of nitrogen functional groups attached to an aromatic ring is 1. The summed E-state index contributed by atoms with van der Waals surface area (Å²) in [5, 5.41) is -0.408. The fourth-order valence-corrected chi connectivity index (χ4v) is 5.08. The first-order chi connectivity index (χ1) is 8.80. The van der Waals surface area contributed by atoms with E-state index < -0.39 is 20.9 Å². The van der Waals surface area contributed by atoms with Crippen molar-refractivity contribution < 1.29 is 12.8 Å². The van der Waals surface area contributed by atoms with Crippen molar-refractivity contribution in [1.29, 1.82) is 0 Å². The zero-order chi connectivity index (χ0) is 14.2. The number of hydrogen-bond donors (Lipinski definition) is 1. The standard InChI is InChI=1S/C14H20FNO2S/c1-9-5-10(2)7-12(6-9)19(17,18)11-3-4-14(16)13(15)8-11/h3-4,8-10,12H,5-7,16H2,1-2H3. The van der Waals surface area contributed by atoms with Crippen LogP contribution in [-0.2, 0) is 9.84 Å². The molecule has 1 aliphatic rings. The van der Waals surface area contributed by atoms with Crippen molar-refractivity contribution in [3.8, 4) is 0 Å². The fraction of sp³-hybridized carbons (Fsp3) is 0.571. The number of benzene rings is 1. The summed E-state index contributed by atoms with van der Waals surface area (Å²) in [7, 11) is -3.46. The largest absolute Gasteiger partial charge is 0.396 e. The van der Waals surface area contributed by atoms with Gasteiger partial charge in [0.2, 0.25) is 0 Å². The highest BCUT2D eigenvalue weighted by Crippen LogP contribution is 2.35. The molecule has 0 heterocycles. The lowest BCUT2D eigenvalue weighted by atomic mass is 9.83. The zero-order valence-electron chi connectivity index (χ0n) is 11.3. The molecule has 1 fully saturated rings. The number of anilines is 1. The van der Waals surface area contributed by atoms with Gasteiger partial charge in [0, 0.05) is 0 Å². The molecule has 5 heteroatoms. The van der Waals surface area contributed by atoms with Crippen LogP contribution in [0.15, 0.2) is 23.1 Å². The van der Waals surface area contributed by atoms with Crippen molar-refractivity contribution in [2.24, 2.45) is 11.8 Å². The maximum atomic E-state index is 13.4. The molecule has 1 saturated carbocycles. The summed E-state index contributed by atoms with van der Waals surface area (Å²) in [6, 6.07) is 3.75. The molecule has 0 spiro atoms. The van der Waals surface area contributed by atoms with E-state index in [9.17, 15) is 12.8 Å². The summed E-state index contributed by atoms with van der Waals surface area (Å²) in [5.74, 6) is 0.113. The number of sulfone groups is 1. The lowest BCUT2D eigenvalue weighted by Crippen LogP contribution is -2.31. The highest BCUT2D eigenvalue weighted by molar-refractivity contribution is 7.92. The van der Waals surface area contributed by atoms with Crippen molar-refractivity contribution in [3.05, 3.63) is 24.0 Å². The van der Waals surface area contributed by atoms with Crippen molar-refractivity contribution in [3.63, 3.8) is 0 Å². The minimum absolute atomic E-state index is 0.0238. The minimum atomic E-state index is -3.46. The third-order valence-electron chi connectivity index (χ3n) is 3.87. The molecule has 106 valence electrons. The Balaban J connectivity index is 2.33. The lowest BCUT2D eigenvalue weighted by molar-refractivity contribution is 0.301. The molecular formula is C14H20FNO2S. The van der Waals surface area contributed by atoms with E-state index in [4.69, 9.17) is 5.73 Å². The molecule has 2 N–H and O–H groups in total. The molecule has 1 aromatic carbocycles. The summed E-state index contributed by atoms with van der Waals surface area (Å²) >= 11 is 0. The second-order valence-electron chi connectivity index (χ2n) is 5.77. The molecule has 1 aromatic rings. The number of halogens is 1. The molecule has 2 atom stereocenters. The predicted molar refractivity (Wildman–Crippen MR) is 74.0 cm³/mol. The van der Waals surface area contributed by atoms with Gasteiger partial charge in [0.15, 0.2) is 9.84 Å². The third kappa shape index (κ3) is 2.91. The van der Waals surface area contributed by atoms with Crippen molar-refractivity contribution in [2.45, 2.75) is 43.3 Å². The van der Waals surface area contributed by atoms with Crippen molar-refractivity contribution in [1.82, 2.24) is 0 Å². The smallest absolute Gasteiger partial charge is 0.181 e. The van der Waals surface area contributed by atoms with E-state index >= 15 is 0 Å². The first-order valence-corrected chi connectivity index (χ1v) is 8.14. The first-order valence-electron chi connectivity index (χ1n) is 6.59. The molecule has 1 aliphatic carbocycles. The lowest BCUT2D eigenvalue weighted by Gasteiger charge is -2.31. The van der Waals surface area contributed by atoms with Gasteiger partial charge in [0.05, 0.1) is 15.8 Å². The third-order valence-corrected chi connectivity index (χ3v) is 6.05. The van der Waals surface area contributed by atoms with E-state index in [1.54, 1.807) is 0 Å². The van der Waals surface area contributed by atoms with Crippen LogP contribution in [0.25, 0.3) is 0 Å². The first kappa shape index (κ1) is 14.3. The summed E-state index contributed by atoms with van der Waals surface area (Å²) < 4.78 is 38.5. The monoisotopic (exact) mass is 285 g/mol. The minimum Gasteiger partial charge on any atom is -0.396 e. The molecule has 19 heavy (non-hydrogen) atoms. The van der Waals surface area contributed by atoms with Gasteiger partial charge in [-0.05, 0) is 49.3 Å². The van der Waals surface area contributed by atoms with Gasteiger partial charge in [0.1, 0.15) is 5.82 Å². The number of nitrogens with two attached hydrogens (primary N) is 1. The maximum absolute atomic E-state index is 13.4. The molecule has 2 unspecified atom stereocenters. The molecule has 0 amide bonds. The van der Waals surface area contributed by atoms with Crippen LogP contribution in [-0.4, -0.2) is 13.7 Å². The summed E-state index contributed by atoms with van der Waals surface area (Å²) in [6.07, 6.45) is 2.36. The quantitative estimate of drug-likeness (QED) is 0.850. The van der Waals surface area contributed by atoms with E-state index in [0.717, 1.165) is 12.5 Å². The Labute approximate surface area is 113 Å². The SMILES string of the molecule is CC1CC(C)CC(S(=O)(=O)c2ccc(N)c(F)c2)C1. The zero-order valence-corrected chi connectivity index (χ0v) is 12.1. The van der Waals surface area contributed by atoms with E-state index in [-0.39, 0.29) is 10.6 Å². The number of hydrogen-bond acceptors (Lipinski definition) is 3. The average Bonchev–Trinajstić information content (AvgIpc) is 2.31. The van der Waals surface area contributed by atoms with Gasteiger partial charge >= 0.3 is 0 Å². The molecule has 2 rings (SSSR count). The molecule has 0 bridgehead atoms. The molecule has 0 aromatic heterocycles. The normalized spacial score (nSPS) is 28.3. The van der Waals surface area contributed by atoms with Gasteiger partial charge in [0.25, 0.3) is 0 Å². The van der Waals surface area contributed by atoms with Gasteiger partial charge in [-0.25, -0.2) is 12.8 Å². The molecule has 0 radical (unpaired) electrons. The Morgan fingerprint density at radius 1 is 1.16 bits per heavy atom. The summed E-state index contributed by atoms with van der Waals surface area (Å²) in [5.41, 5.74) is 5.36. The van der Waals surface area contributed by atoms with Crippen molar-refractivity contribution >= 4 is 15.5 Å². The van der Waals surface area contributed by atoms with Crippen molar-refractivity contribution in [2.75, 3.05) is 5.73 Å². The topological polar surface area (TPSA) is 60.2 Å².